The topological polar surface area (TPSA) is 214 Å². The summed E-state index contributed by atoms with van der Waals surface area (Å²) in [5.41, 5.74) is 6.75. The van der Waals surface area contributed by atoms with Gasteiger partial charge in [-0.1, -0.05) is 90.1 Å². The first-order valence-electron chi connectivity index (χ1n) is 22.1. The number of thiocarbonyl (C=S) groups is 2. The van der Waals surface area contributed by atoms with E-state index in [0.29, 0.717) is 25.2 Å². The molecule has 0 saturated carbocycles. The average molecular weight is 1090 g/mol. The molecule has 0 aliphatic heterocycles. The fourth-order valence-electron chi connectivity index (χ4n) is 5.85. The Morgan fingerprint density at radius 1 is 0.716 bits per heavy atom. The number of nitrogens with one attached hydrogen (secondary N) is 4. The van der Waals surface area contributed by atoms with Crippen molar-refractivity contribution in [1.82, 2.24) is 16.0 Å². The summed E-state index contributed by atoms with van der Waals surface area (Å²) in [4.78, 5) is 24.3. The Hall–Kier alpha value is -7.12. The lowest BCUT2D eigenvalue weighted by atomic mass is 9.87. The van der Waals surface area contributed by atoms with Gasteiger partial charge in [0.15, 0.2) is 16.7 Å². The van der Waals surface area contributed by atoms with Gasteiger partial charge < -0.3 is 26.4 Å². The second kappa shape index (κ2) is 27.8. The number of nitrogens with two attached hydrogens (primary N) is 1. The smallest absolute Gasteiger partial charge is 0.407 e. The number of carbonyl (C=O) groups is 1. The Labute approximate surface area is 438 Å². The summed E-state index contributed by atoms with van der Waals surface area (Å²) in [7, 11) is -3.68. The van der Waals surface area contributed by atoms with Crippen molar-refractivity contribution in [1.29, 1.82) is 5.26 Å². The van der Waals surface area contributed by atoms with Gasteiger partial charge in [-0.3, -0.25) is 14.8 Å². The molecule has 0 saturated heterocycles. The molecule has 14 nitrogen and oxygen atoms in total. The second-order valence-corrected chi connectivity index (χ2v) is 21.3. The minimum Gasteiger partial charge on any atom is -0.444 e. The number of sulfonamides is 1. The largest absolute Gasteiger partial charge is 0.444 e. The van der Waals surface area contributed by atoms with Gasteiger partial charge in [0, 0.05) is 30.3 Å². The van der Waals surface area contributed by atoms with Crippen LogP contribution in [0.25, 0.3) is 0 Å². The van der Waals surface area contributed by atoms with Gasteiger partial charge in [-0.15, -0.1) is 0 Å². The number of nitro groups is 1. The molecule has 74 heavy (non-hydrogen) atoms. The number of ether oxygens (including phenoxy) is 1. The number of anilines is 2. The van der Waals surface area contributed by atoms with Crippen molar-refractivity contribution in [3.05, 3.63) is 169 Å². The molecule has 398 valence electrons. The maximum absolute atomic E-state index is 14.4. The zero-order valence-corrected chi connectivity index (χ0v) is 44.7. The predicted octanol–water partition coefficient (Wildman–Crippen LogP) is 11.7. The summed E-state index contributed by atoms with van der Waals surface area (Å²) in [6, 6.07) is 23.3. The number of nitro benzene ring substituents is 1. The zero-order chi connectivity index (χ0) is 56.4. The number of amides is 1. The lowest BCUT2D eigenvalue weighted by molar-refractivity contribution is -0.387. The number of aliphatic imine (C=N–C) groups is 1. The molecule has 1 amide bonds. The number of nitrogens with zero attached hydrogens (tertiary/aromatic N) is 3. The van der Waals surface area contributed by atoms with E-state index in [1.54, 1.807) is 20.8 Å². The number of nitriles is 1. The van der Waals surface area contributed by atoms with Gasteiger partial charge in [0.05, 0.1) is 40.8 Å². The Kier molecular flexibility index (Phi) is 23.7. The van der Waals surface area contributed by atoms with Gasteiger partial charge >= 0.3 is 11.8 Å². The monoisotopic (exact) mass is 1090 g/mol. The molecule has 0 atom stereocenters. The quantitative estimate of drug-likeness (QED) is 0.0209. The molecular weight excluding hydrogens is 1030 g/mol. The molecule has 0 aliphatic carbocycles. The number of carbonyl (C=O) groups excluding carboxylic acids is 1. The van der Waals surface area contributed by atoms with Crippen LogP contribution in [-0.4, -0.2) is 41.6 Å². The molecular formula is C51H58F6N8O6S3. The fraction of sp³-hybridized carbons (Fsp3) is 0.333. The van der Waals surface area contributed by atoms with E-state index in [9.17, 15) is 49.7 Å². The lowest BCUT2D eigenvalue weighted by Crippen LogP contribution is -2.34. The Bertz CT molecular complexity index is 2970. The molecule has 0 aliphatic rings. The van der Waals surface area contributed by atoms with Crippen molar-refractivity contribution in [3.63, 3.8) is 0 Å². The van der Waals surface area contributed by atoms with Crippen LogP contribution in [0.2, 0.25) is 0 Å². The number of isothiocyanates is 1. The Balaban J connectivity index is 0.000000359. The van der Waals surface area contributed by atoms with E-state index >= 15 is 0 Å². The van der Waals surface area contributed by atoms with E-state index in [1.165, 1.54) is 22.8 Å². The summed E-state index contributed by atoms with van der Waals surface area (Å²) < 4.78 is 110. The molecule has 23 heteroatoms. The van der Waals surface area contributed by atoms with Crippen LogP contribution in [0, 0.1) is 56.3 Å². The van der Waals surface area contributed by atoms with Crippen molar-refractivity contribution in [3.8, 4) is 6.07 Å². The molecule has 0 bridgehead atoms. The number of halogens is 6. The standard InChI is InChI=1S/C20H25F2N3O2S2.C12H16F2N2O2.C12H15NS.C7H2F2N2O2/c1-20(2,3)14-7-5-13(6-8-14)11-23-19(28)24-12-15-16(21)9-10-17(18(15)22)25-29(4,26)27;1-12(2,3)18-11(17)16-6-7-8(13)4-5-9(15)10(7)14;1-12(2,3)11-6-4-10(5-7-11)8-13-9-14;8-5-1-2-6(11(12)13)7(9)4(5)3-10/h5-10,25H,11-12H2,1-4H3,(H2,23,24,28);4-5H,6,15H2,1-3H3,(H,16,17);4-7H,8H2,1-3H3;1-2H. The first kappa shape index (κ1) is 63.0. The zero-order valence-electron chi connectivity index (χ0n) is 42.3. The van der Waals surface area contributed by atoms with Crippen LogP contribution in [0.1, 0.15) is 101 Å². The van der Waals surface area contributed by atoms with Gasteiger partial charge in [0.2, 0.25) is 15.8 Å². The van der Waals surface area contributed by atoms with Gasteiger partial charge in [-0.05, 0) is 109 Å². The lowest BCUT2D eigenvalue weighted by Gasteiger charge is -2.19. The van der Waals surface area contributed by atoms with E-state index in [0.717, 1.165) is 36.1 Å². The van der Waals surface area contributed by atoms with Crippen molar-refractivity contribution < 1.29 is 49.2 Å². The number of hydrogen-bond donors (Lipinski definition) is 5. The van der Waals surface area contributed by atoms with Crippen LogP contribution in [0.3, 0.4) is 0 Å². The van der Waals surface area contributed by atoms with Crippen LogP contribution in [-0.2, 0) is 51.8 Å². The maximum atomic E-state index is 14.4. The highest BCUT2D eigenvalue weighted by Crippen LogP contribution is 2.26. The minimum absolute atomic E-state index is 0.0669. The van der Waals surface area contributed by atoms with Gasteiger partial charge in [0.25, 0.3) is 0 Å². The first-order valence-corrected chi connectivity index (χ1v) is 24.8. The molecule has 5 rings (SSSR count). The van der Waals surface area contributed by atoms with Crippen LogP contribution in [0.5, 0.6) is 0 Å². The first-order chi connectivity index (χ1) is 34.2. The maximum Gasteiger partial charge on any atom is 0.407 e. The van der Waals surface area contributed by atoms with Crippen molar-refractivity contribution in [2.75, 3.05) is 16.7 Å². The number of alkyl carbamates (subject to hydrolysis) is 1. The van der Waals surface area contributed by atoms with E-state index in [1.807, 2.05) is 16.9 Å². The van der Waals surface area contributed by atoms with E-state index in [-0.39, 0.29) is 51.5 Å². The highest BCUT2D eigenvalue weighted by Gasteiger charge is 2.22. The summed E-state index contributed by atoms with van der Waals surface area (Å²) >= 11 is 9.69. The third kappa shape index (κ3) is 21.5. The van der Waals surface area contributed by atoms with Crippen molar-refractivity contribution in [2.24, 2.45) is 4.99 Å². The SMILES string of the molecule is CC(C)(C)OC(=O)NCc1c(F)ccc(N)c1F.CC(C)(C)c1ccc(CN=C=S)cc1.CC(C)(C)c1ccc(CNC(=S)NCc2c(F)ccc(NS(C)(=O)=O)c2F)cc1.N#Cc1c(F)ccc([N+](=O)[O-])c1F. The summed E-state index contributed by atoms with van der Waals surface area (Å²) in [5, 5.41) is 29.0. The molecule has 0 fully saturated rings. The van der Waals surface area contributed by atoms with Crippen LogP contribution in [0.4, 0.5) is 48.2 Å². The second-order valence-electron chi connectivity index (χ2n) is 19.0. The van der Waals surface area contributed by atoms with Crippen molar-refractivity contribution in [2.45, 2.75) is 105 Å². The third-order valence-corrected chi connectivity index (χ3v) is 10.7. The van der Waals surface area contributed by atoms with Crippen LogP contribution < -0.4 is 26.4 Å². The summed E-state index contributed by atoms with van der Waals surface area (Å²) in [6.07, 6.45) is 0.143. The van der Waals surface area contributed by atoms with Crippen molar-refractivity contribution >= 4 is 67.9 Å². The highest BCUT2D eigenvalue weighted by molar-refractivity contribution is 7.92. The molecule has 0 unspecified atom stereocenters. The highest BCUT2D eigenvalue weighted by atomic mass is 32.2. The molecule has 6 N–H and O–H groups in total. The predicted molar refractivity (Wildman–Crippen MR) is 282 cm³/mol. The Morgan fingerprint density at radius 3 is 1.66 bits per heavy atom. The molecule has 0 aromatic heterocycles. The third-order valence-electron chi connectivity index (χ3n) is 9.73. The van der Waals surface area contributed by atoms with Gasteiger partial charge in [-0.2, -0.15) is 9.65 Å². The van der Waals surface area contributed by atoms with Crippen LogP contribution in [0.15, 0.2) is 89.9 Å². The number of hydrogen-bond acceptors (Lipinski definition) is 11. The number of rotatable bonds is 11. The minimum atomic E-state index is -3.68. The fourth-order valence-corrected chi connectivity index (χ4v) is 6.61. The summed E-state index contributed by atoms with van der Waals surface area (Å²) in [5.74, 6) is -5.96. The number of nitrogen functional groups attached to an aromatic ring is 1. The molecule has 0 spiro atoms. The van der Waals surface area contributed by atoms with Crippen LogP contribution >= 0.6 is 24.4 Å². The molecule has 5 aromatic carbocycles. The van der Waals surface area contributed by atoms with E-state index in [4.69, 9.17) is 28.0 Å². The average Bonchev–Trinajstić information content (AvgIpc) is 3.29. The molecule has 5 aromatic rings. The van der Waals surface area contributed by atoms with Gasteiger partial charge in [-0.25, -0.2) is 40.2 Å². The number of benzene rings is 5. The molecule has 0 heterocycles. The summed E-state index contributed by atoms with van der Waals surface area (Å²) in [6.45, 7) is 18.6. The Morgan fingerprint density at radius 2 is 1.19 bits per heavy atom. The normalized spacial score (nSPS) is 11.0. The molecule has 0 radical (unpaired) electrons. The van der Waals surface area contributed by atoms with E-state index in [2.05, 4.69) is 116 Å². The van der Waals surface area contributed by atoms with Gasteiger partial charge in [0.1, 0.15) is 34.7 Å². The van der Waals surface area contributed by atoms with E-state index < -0.39 is 72.8 Å².